The fourth-order valence-electron chi connectivity index (χ4n) is 3.34. The Hall–Kier alpha value is -0.0200. The van der Waals surface area contributed by atoms with Crippen LogP contribution in [0.15, 0.2) is 0 Å². The molecule has 2 aliphatic heterocycles. The monoisotopic (exact) mass is 212 g/mol. The van der Waals surface area contributed by atoms with E-state index < -0.39 is 0 Å². The average Bonchev–Trinajstić information content (AvgIpc) is 2.11. The van der Waals surface area contributed by atoms with Gasteiger partial charge in [0.05, 0.1) is 5.60 Å². The molecule has 0 N–H and O–H groups in total. The highest BCUT2D eigenvalue weighted by Gasteiger charge is 2.59. The van der Waals surface area contributed by atoms with Gasteiger partial charge >= 0.3 is 0 Å². The maximum atomic E-state index is 10.8. The van der Waals surface area contributed by atoms with E-state index in [2.05, 4.69) is 0 Å². The minimum atomic E-state index is 0.116. The SMILES string of the molecule is O=CC1CCOC2(C1)CC1(CSC1)C2. The van der Waals surface area contributed by atoms with Crippen molar-refractivity contribution in [2.45, 2.75) is 31.3 Å². The van der Waals surface area contributed by atoms with Crippen LogP contribution in [0.4, 0.5) is 0 Å². The third kappa shape index (κ3) is 1.25. The highest BCUT2D eigenvalue weighted by molar-refractivity contribution is 8.00. The summed E-state index contributed by atoms with van der Waals surface area (Å²) in [5, 5.41) is 0. The molecule has 0 aromatic rings. The molecule has 78 valence electrons. The average molecular weight is 212 g/mol. The smallest absolute Gasteiger partial charge is 0.123 e. The van der Waals surface area contributed by atoms with Crippen LogP contribution in [0.1, 0.15) is 25.7 Å². The van der Waals surface area contributed by atoms with Crippen molar-refractivity contribution in [3.8, 4) is 0 Å². The van der Waals surface area contributed by atoms with Crippen molar-refractivity contribution in [3.63, 3.8) is 0 Å². The molecule has 3 fully saturated rings. The number of carbonyl (C=O) groups excluding carboxylic acids is 1. The van der Waals surface area contributed by atoms with E-state index in [0.29, 0.717) is 5.41 Å². The van der Waals surface area contributed by atoms with Gasteiger partial charge < -0.3 is 9.53 Å². The van der Waals surface area contributed by atoms with E-state index in [9.17, 15) is 4.79 Å². The second-order valence-corrected chi connectivity index (χ2v) is 6.25. The van der Waals surface area contributed by atoms with E-state index in [1.54, 1.807) is 0 Å². The molecule has 1 aliphatic carbocycles. The summed E-state index contributed by atoms with van der Waals surface area (Å²) < 4.78 is 5.90. The lowest BCUT2D eigenvalue weighted by molar-refractivity contribution is -0.191. The Kier molecular flexibility index (Phi) is 1.97. The van der Waals surface area contributed by atoms with Crippen LogP contribution in [0, 0.1) is 11.3 Å². The number of aldehydes is 1. The Morgan fingerprint density at radius 2 is 2.14 bits per heavy atom. The predicted octanol–water partition coefficient (Wildman–Crippen LogP) is 1.88. The minimum absolute atomic E-state index is 0.116. The normalized spacial score (nSPS) is 37.6. The lowest BCUT2D eigenvalue weighted by atomic mass is 9.57. The quantitative estimate of drug-likeness (QED) is 0.621. The first-order chi connectivity index (χ1) is 6.76. The Labute approximate surface area is 88.8 Å². The van der Waals surface area contributed by atoms with Crippen LogP contribution in [0.2, 0.25) is 0 Å². The third-order valence-corrected chi connectivity index (χ3v) is 5.57. The van der Waals surface area contributed by atoms with Crippen molar-refractivity contribution >= 4 is 18.0 Å². The lowest BCUT2D eigenvalue weighted by Gasteiger charge is -2.61. The summed E-state index contributed by atoms with van der Waals surface area (Å²) in [4.78, 5) is 10.8. The summed E-state index contributed by atoms with van der Waals surface area (Å²) in [5.41, 5.74) is 0.736. The number of ether oxygens (including phenoxy) is 1. The fourth-order valence-corrected chi connectivity index (χ4v) is 4.53. The number of hydrogen-bond donors (Lipinski definition) is 0. The molecule has 0 aromatic heterocycles. The number of carbonyl (C=O) groups is 1. The van der Waals surface area contributed by atoms with Crippen LogP contribution in [0.25, 0.3) is 0 Å². The molecule has 3 aliphatic rings. The van der Waals surface area contributed by atoms with Crippen molar-refractivity contribution in [1.29, 1.82) is 0 Å². The molecule has 14 heavy (non-hydrogen) atoms. The molecule has 1 saturated carbocycles. The van der Waals surface area contributed by atoms with Crippen LogP contribution in [-0.2, 0) is 9.53 Å². The van der Waals surface area contributed by atoms with Crippen molar-refractivity contribution in [3.05, 3.63) is 0 Å². The highest BCUT2D eigenvalue weighted by atomic mass is 32.2. The van der Waals surface area contributed by atoms with Gasteiger partial charge in [-0.05, 0) is 42.6 Å². The van der Waals surface area contributed by atoms with Gasteiger partial charge in [0.25, 0.3) is 0 Å². The zero-order valence-corrected chi connectivity index (χ0v) is 9.15. The topological polar surface area (TPSA) is 26.3 Å². The molecule has 2 saturated heterocycles. The third-order valence-electron chi connectivity index (χ3n) is 3.93. The standard InChI is InChI=1S/C11H16O2S/c12-4-9-1-2-13-11(3-9)5-10(6-11)7-14-8-10/h4,9H,1-3,5-8H2. The molecule has 0 aromatic carbocycles. The first-order valence-electron chi connectivity index (χ1n) is 5.43. The zero-order chi connectivity index (χ0) is 9.65. The van der Waals surface area contributed by atoms with Gasteiger partial charge in [-0.3, -0.25) is 0 Å². The highest BCUT2D eigenvalue weighted by Crippen LogP contribution is 2.61. The van der Waals surface area contributed by atoms with Crippen LogP contribution >= 0.6 is 11.8 Å². The number of thioether (sulfide) groups is 1. The zero-order valence-electron chi connectivity index (χ0n) is 8.33. The van der Waals surface area contributed by atoms with Crippen molar-refractivity contribution in [2.75, 3.05) is 18.1 Å². The molecule has 2 heterocycles. The maximum Gasteiger partial charge on any atom is 0.123 e. The largest absolute Gasteiger partial charge is 0.375 e. The first-order valence-corrected chi connectivity index (χ1v) is 6.59. The molecule has 0 amide bonds. The van der Waals surface area contributed by atoms with Gasteiger partial charge in [0, 0.05) is 12.5 Å². The van der Waals surface area contributed by atoms with E-state index in [1.165, 1.54) is 24.3 Å². The van der Waals surface area contributed by atoms with Gasteiger partial charge in [0.1, 0.15) is 6.29 Å². The molecule has 3 heteroatoms. The number of hydrogen-bond acceptors (Lipinski definition) is 3. The van der Waals surface area contributed by atoms with Gasteiger partial charge in [-0.2, -0.15) is 11.8 Å². The molecule has 0 radical (unpaired) electrons. The van der Waals surface area contributed by atoms with Crippen molar-refractivity contribution in [2.24, 2.45) is 11.3 Å². The van der Waals surface area contributed by atoms with Gasteiger partial charge in [-0.25, -0.2) is 0 Å². The Bertz CT molecular complexity index is 252. The fraction of sp³-hybridized carbons (Fsp3) is 0.909. The van der Waals surface area contributed by atoms with Crippen LogP contribution in [0.3, 0.4) is 0 Å². The van der Waals surface area contributed by atoms with Gasteiger partial charge in [0.2, 0.25) is 0 Å². The summed E-state index contributed by atoms with van der Waals surface area (Å²) in [6, 6.07) is 0. The Morgan fingerprint density at radius 1 is 1.36 bits per heavy atom. The van der Waals surface area contributed by atoms with Crippen molar-refractivity contribution in [1.82, 2.24) is 0 Å². The molecule has 0 bridgehead atoms. The predicted molar refractivity (Wildman–Crippen MR) is 56.5 cm³/mol. The molecular weight excluding hydrogens is 196 g/mol. The van der Waals surface area contributed by atoms with E-state index in [4.69, 9.17) is 4.74 Å². The first kappa shape index (κ1) is 9.22. The second-order valence-electron chi connectivity index (χ2n) is 5.27. The lowest BCUT2D eigenvalue weighted by Crippen LogP contribution is -2.61. The van der Waals surface area contributed by atoms with Crippen LogP contribution in [0.5, 0.6) is 0 Å². The second kappa shape index (κ2) is 2.99. The van der Waals surface area contributed by atoms with E-state index >= 15 is 0 Å². The van der Waals surface area contributed by atoms with Gasteiger partial charge in [0.15, 0.2) is 0 Å². The van der Waals surface area contributed by atoms with Crippen LogP contribution < -0.4 is 0 Å². The van der Waals surface area contributed by atoms with E-state index in [1.807, 2.05) is 11.8 Å². The Balaban J connectivity index is 1.65. The van der Waals surface area contributed by atoms with E-state index in [0.717, 1.165) is 25.7 Å². The molecule has 1 unspecified atom stereocenters. The summed E-state index contributed by atoms with van der Waals surface area (Å²) >= 11 is 2.05. The minimum Gasteiger partial charge on any atom is -0.375 e. The van der Waals surface area contributed by atoms with Gasteiger partial charge in [-0.15, -0.1) is 0 Å². The number of rotatable bonds is 1. The molecule has 1 atom stereocenters. The molecular formula is C11H16O2S. The van der Waals surface area contributed by atoms with Crippen molar-refractivity contribution < 1.29 is 9.53 Å². The summed E-state index contributed by atoms with van der Waals surface area (Å²) in [5.74, 6) is 2.92. The molecule has 2 nitrogen and oxygen atoms in total. The molecule has 2 spiro atoms. The maximum absolute atomic E-state index is 10.8. The summed E-state index contributed by atoms with van der Waals surface area (Å²) in [6.45, 7) is 0.798. The summed E-state index contributed by atoms with van der Waals surface area (Å²) in [6.07, 6.45) is 5.50. The van der Waals surface area contributed by atoms with Gasteiger partial charge in [-0.1, -0.05) is 0 Å². The molecule has 3 rings (SSSR count). The summed E-state index contributed by atoms with van der Waals surface area (Å²) in [7, 11) is 0. The van der Waals surface area contributed by atoms with Crippen LogP contribution in [-0.4, -0.2) is 30.0 Å². The Morgan fingerprint density at radius 3 is 2.71 bits per heavy atom. The van der Waals surface area contributed by atoms with E-state index in [-0.39, 0.29) is 11.5 Å².